The third-order valence-electron chi connectivity index (χ3n) is 2.38. The van der Waals surface area contributed by atoms with E-state index in [9.17, 15) is 0 Å². The van der Waals surface area contributed by atoms with Gasteiger partial charge in [-0.2, -0.15) is 0 Å². The predicted molar refractivity (Wildman–Crippen MR) is 75.6 cm³/mol. The van der Waals surface area contributed by atoms with Crippen LogP contribution in [0, 0.1) is 6.92 Å². The molecule has 1 aromatic carbocycles. The molecule has 0 spiro atoms. The molecule has 0 fully saturated rings. The smallest absolute Gasteiger partial charge is 0.0169 e. The average Bonchev–Trinajstić information content (AvgIpc) is 2.20. The van der Waals surface area contributed by atoms with Gasteiger partial charge in [-0.25, -0.2) is 0 Å². The van der Waals surface area contributed by atoms with Crippen LogP contribution < -0.4 is 0 Å². The van der Waals surface area contributed by atoms with Gasteiger partial charge in [0.2, 0.25) is 0 Å². The normalized spacial score (nSPS) is 13.0. The van der Waals surface area contributed by atoms with E-state index in [1.165, 1.54) is 22.3 Å². The van der Waals surface area contributed by atoms with Gasteiger partial charge in [0.15, 0.2) is 0 Å². The maximum atomic E-state index is 2.38. The lowest BCUT2D eigenvalue weighted by molar-refractivity contribution is 1.42. The average molecular weight is 300 g/mol. The summed E-state index contributed by atoms with van der Waals surface area (Å²) in [5.41, 5.74) is 5.50. The number of halogens is 1. The van der Waals surface area contributed by atoms with E-state index >= 15 is 0 Å². The van der Waals surface area contributed by atoms with Crippen molar-refractivity contribution < 1.29 is 0 Å². The lowest BCUT2D eigenvalue weighted by atomic mass is 10.0. The summed E-state index contributed by atoms with van der Waals surface area (Å²) in [6.07, 6.45) is 2.16. The Morgan fingerprint density at radius 2 is 2.07 bits per heavy atom. The Balaban J connectivity index is 3.12. The molecule has 1 aromatic rings. The minimum atomic E-state index is 0.243. The van der Waals surface area contributed by atoms with Gasteiger partial charge in [-0.15, -0.1) is 20.7 Å². The maximum Gasteiger partial charge on any atom is -0.0169 e. The van der Waals surface area contributed by atoms with Gasteiger partial charge in [-0.1, -0.05) is 24.3 Å². The summed E-state index contributed by atoms with van der Waals surface area (Å²) in [5.74, 6) is 0. The zero-order valence-electron chi connectivity index (χ0n) is 9.26. The van der Waals surface area contributed by atoms with Crippen LogP contribution in [0.1, 0.15) is 30.5 Å². The van der Waals surface area contributed by atoms with Crippen molar-refractivity contribution in [3.05, 3.63) is 41.0 Å². The number of benzene rings is 1. The molecule has 0 heterocycles. The van der Waals surface area contributed by atoms with Crippen molar-refractivity contribution in [2.75, 3.05) is 4.93 Å². The molecular formula is C13H17I. The van der Waals surface area contributed by atoms with Crippen LogP contribution in [-0.4, -0.2) is 8.94 Å². The fraction of sp³-hybridized carbons (Fsp3) is 0.308. The van der Waals surface area contributed by atoms with Gasteiger partial charge in [0.1, 0.15) is 0 Å². The zero-order valence-corrected chi connectivity index (χ0v) is 11.4. The second-order valence-corrected chi connectivity index (χ2v) is 5.24. The highest BCUT2D eigenvalue weighted by atomic mass is 127. The number of allylic oxidation sites excluding steroid dienone is 2. The molecule has 76 valence electrons. The van der Waals surface area contributed by atoms with Crippen molar-refractivity contribution in [1.29, 1.82) is 0 Å². The highest BCUT2D eigenvalue weighted by molar-refractivity contribution is 14.2. The first-order chi connectivity index (χ1) is 6.69. The molecule has 0 radical (unpaired) electrons. The summed E-state index contributed by atoms with van der Waals surface area (Å²) in [6, 6.07) is 6.73. The highest BCUT2D eigenvalue weighted by Gasteiger charge is 1.98. The number of hydrogen-bond donors (Lipinski definition) is 0. The Morgan fingerprint density at radius 3 is 2.57 bits per heavy atom. The quantitative estimate of drug-likeness (QED) is 0.568. The van der Waals surface area contributed by atoms with Crippen molar-refractivity contribution in [2.45, 2.75) is 20.8 Å². The van der Waals surface area contributed by atoms with Crippen molar-refractivity contribution in [2.24, 2.45) is 0 Å². The SMILES string of the molecule is C/C=C(\C)c1ccc(C=IC)c(C)c1. The molecule has 0 aromatic heterocycles. The van der Waals surface area contributed by atoms with Crippen LogP contribution in [0.4, 0.5) is 0 Å². The first kappa shape index (κ1) is 11.6. The van der Waals surface area contributed by atoms with Crippen molar-refractivity contribution in [3.8, 4) is 0 Å². The van der Waals surface area contributed by atoms with Gasteiger partial charge in [0, 0.05) is 0 Å². The first-order valence-corrected chi connectivity index (χ1v) is 8.14. The largest absolute Gasteiger partial charge is 0.126 e. The van der Waals surface area contributed by atoms with Gasteiger partial charge in [-0.3, -0.25) is 0 Å². The van der Waals surface area contributed by atoms with Crippen molar-refractivity contribution in [3.63, 3.8) is 0 Å². The van der Waals surface area contributed by atoms with Gasteiger partial charge in [0.05, 0.1) is 0 Å². The van der Waals surface area contributed by atoms with E-state index in [0.717, 1.165) is 0 Å². The second kappa shape index (κ2) is 5.44. The number of aryl methyl sites for hydroxylation is 1. The van der Waals surface area contributed by atoms with Crippen LogP contribution in [0.2, 0.25) is 0 Å². The van der Waals surface area contributed by atoms with Crippen LogP contribution in [-0.2, 0) is 0 Å². The summed E-state index contributed by atoms with van der Waals surface area (Å²) in [6.45, 7) is 6.44. The van der Waals surface area contributed by atoms with E-state index in [-0.39, 0.29) is 20.7 Å². The topological polar surface area (TPSA) is 0 Å². The zero-order chi connectivity index (χ0) is 10.6. The van der Waals surface area contributed by atoms with E-state index < -0.39 is 0 Å². The van der Waals surface area contributed by atoms with Crippen LogP contribution in [0.25, 0.3) is 5.57 Å². The lowest BCUT2D eigenvalue weighted by Gasteiger charge is -2.05. The van der Waals surface area contributed by atoms with E-state index in [4.69, 9.17) is 0 Å². The number of alkyl halides is 1. The molecule has 0 N–H and O–H groups in total. The van der Waals surface area contributed by atoms with Crippen LogP contribution >= 0.6 is 20.7 Å². The first-order valence-electron chi connectivity index (χ1n) is 4.74. The molecule has 0 atom stereocenters. The molecule has 1 heteroatoms. The molecule has 0 bridgehead atoms. The van der Waals surface area contributed by atoms with Gasteiger partial charge >= 0.3 is 0 Å². The maximum absolute atomic E-state index is 2.38. The van der Waals surface area contributed by atoms with E-state index in [1.807, 2.05) is 0 Å². The minimum absolute atomic E-state index is 0.243. The van der Waals surface area contributed by atoms with Gasteiger partial charge in [-0.05, 0) is 52.0 Å². The molecule has 0 unspecified atom stereocenters. The Bertz CT molecular complexity index is 373. The molecule has 0 saturated carbocycles. The van der Waals surface area contributed by atoms with Crippen LogP contribution in [0.5, 0.6) is 0 Å². The predicted octanol–water partition coefficient (Wildman–Crippen LogP) is 4.17. The number of rotatable bonds is 2. The molecule has 0 aliphatic rings. The molecule has 1 rings (SSSR count). The third kappa shape index (κ3) is 2.77. The van der Waals surface area contributed by atoms with Crippen molar-refractivity contribution >= 4 is 30.3 Å². The fourth-order valence-electron chi connectivity index (χ4n) is 1.33. The van der Waals surface area contributed by atoms with Crippen molar-refractivity contribution in [1.82, 2.24) is 0 Å². The van der Waals surface area contributed by atoms with Gasteiger partial charge in [0.25, 0.3) is 0 Å². The summed E-state index contributed by atoms with van der Waals surface area (Å²) >= 11 is 0.243. The van der Waals surface area contributed by atoms with E-state index in [0.29, 0.717) is 0 Å². The molecule has 0 saturated heterocycles. The molecule has 0 aliphatic carbocycles. The molecule has 14 heavy (non-hydrogen) atoms. The molecule has 0 nitrogen and oxygen atoms in total. The van der Waals surface area contributed by atoms with Gasteiger partial charge < -0.3 is 0 Å². The van der Waals surface area contributed by atoms with E-state index in [2.05, 4.69) is 54.0 Å². The second-order valence-electron chi connectivity index (χ2n) is 3.37. The molecule has 0 aliphatic heterocycles. The molecule has 0 amide bonds. The lowest BCUT2D eigenvalue weighted by Crippen LogP contribution is -1.88. The fourth-order valence-corrected chi connectivity index (χ4v) is 2.70. The standard InChI is InChI=1S/C13H17I/c1-5-10(2)12-6-7-13(9-14-4)11(3)8-12/h5-9H,1-4H3/b10-5+. The van der Waals surface area contributed by atoms with E-state index in [1.54, 1.807) is 0 Å². The van der Waals surface area contributed by atoms with Crippen LogP contribution in [0.15, 0.2) is 24.3 Å². The molecular weight excluding hydrogens is 283 g/mol. The Labute approximate surface area is 96.8 Å². The number of hydrogen-bond acceptors (Lipinski definition) is 0. The minimum Gasteiger partial charge on any atom is -0.126 e. The summed E-state index contributed by atoms with van der Waals surface area (Å²) < 4.78 is 2.38. The third-order valence-corrected chi connectivity index (χ3v) is 3.68. The summed E-state index contributed by atoms with van der Waals surface area (Å²) in [7, 11) is 0. The Kier molecular flexibility index (Phi) is 4.52. The summed E-state index contributed by atoms with van der Waals surface area (Å²) in [5, 5.41) is 0. The monoisotopic (exact) mass is 300 g/mol. The highest BCUT2D eigenvalue weighted by Crippen LogP contribution is 2.17. The summed E-state index contributed by atoms with van der Waals surface area (Å²) in [4.78, 5) is 2.28. The Morgan fingerprint density at radius 1 is 1.36 bits per heavy atom. The Hall–Kier alpha value is -0.440. The van der Waals surface area contributed by atoms with Crippen LogP contribution in [0.3, 0.4) is 0 Å².